The number of hydrogen-bond acceptors (Lipinski definition) is 7. The fraction of sp³-hybridized carbons (Fsp3) is 0.321. The SMILES string of the molecule is CCOC(=O)C1=C(C)N=c2s/c(=C\c3cc(Br)ccc3OCC)c(=O)n2C1c1ccccc1OC(C)C. The van der Waals surface area contributed by atoms with Crippen molar-refractivity contribution in [1.29, 1.82) is 0 Å². The van der Waals surface area contributed by atoms with Crippen LogP contribution in [0.4, 0.5) is 0 Å². The average molecular weight is 586 g/mol. The maximum atomic E-state index is 13.9. The number of hydrogen-bond donors (Lipinski definition) is 0. The highest BCUT2D eigenvalue weighted by Crippen LogP contribution is 2.36. The third-order valence-corrected chi connectivity index (χ3v) is 7.13. The summed E-state index contributed by atoms with van der Waals surface area (Å²) < 4.78 is 20.2. The Balaban J connectivity index is 1.99. The van der Waals surface area contributed by atoms with E-state index in [2.05, 4.69) is 20.9 Å². The highest BCUT2D eigenvalue weighted by molar-refractivity contribution is 9.10. The number of allylic oxidation sites excluding steroid dienone is 1. The Kier molecular flexibility index (Phi) is 8.34. The van der Waals surface area contributed by atoms with Gasteiger partial charge in [0.2, 0.25) is 0 Å². The zero-order valence-corrected chi connectivity index (χ0v) is 23.8. The molecule has 4 rings (SSSR count). The van der Waals surface area contributed by atoms with Crippen LogP contribution in [0.25, 0.3) is 6.08 Å². The molecular weight excluding hydrogens is 556 g/mol. The summed E-state index contributed by atoms with van der Waals surface area (Å²) in [7, 11) is 0. The van der Waals surface area contributed by atoms with Gasteiger partial charge in [-0.1, -0.05) is 45.5 Å². The molecule has 37 heavy (non-hydrogen) atoms. The van der Waals surface area contributed by atoms with Crippen molar-refractivity contribution < 1.29 is 19.0 Å². The highest BCUT2D eigenvalue weighted by atomic mass is 79.9. The average Bonchev–Trinajstić information content (AvgIpc) is 3.14. The number of para-hydroxylation sites is 1. The van der Waals surface area contributed by atoms with Gasteiger partial charge in [-0.25, -0.2) is 9.79 Å². The molecule has 2 aromatic carbocycles. The summed E-state index contributed by atoms with van der Waals surface area (Å²) in [4.78, 5) is 32.3. The second-order valence-corrected chi connectivity index (χ2v) is 10.5. The summed E-state index contributed by atoms with van der Waals surface area (Å²) in [6, 6.07) is 12.4. The van der Waals surface area contributed by atoms with E-state index in [4.69, 9.17) is 14.2 Å². The van der Waals surface area contributed by atoms with Crippen molar-refractivity contribution >= 4 is 39.3 Å². The molecule has 0 fully saturated rings. The van der Waals surface area contributed by atoms with Crippen molar-refractivity contribution in [1.82, 2.24) is 4.57 Å². The second kappa shape index (κ2) is 11.5. The van der Waals surface area contributed by atoms with Crippen LogP contribution in [0.3, 0.4) is 0 Å². The van der Waals surface area contributed by atoms with E-state index >= 15 is 0 Å². The number of nitrogens with zero attached hydrogens (tertiary/aromatic N) is 2. The van der Waals surface area contributed by atoms with Crippen LogP contribution in [0.1, 0.15) is 51.8 Å². The lowest BCUT2D eigenvalue weighted by atomic mass is 9.95. The number of thiazole rings is 1. The predicted molar refractivity (Wildman–Crippen MR) is 148 cm³/mol. The molecule has 1 aliphatic heterocycles. The number of benzene rings is 2. The first-order chi connectivity index (χ1) is 17.7. The van der Waals surface area contributed by atoms with Crippen LogP contribution in [0.2, 0.25) is 0 Å². The van der Waals surface area contributed by atoms with E-state index < -0.39 is 12.0 Å². The van der Waals surface area contributed by atoms with Crippen molar-refractivity contribution in [2.75, 3.05) is 13.2 Å². The molecule has 1 unspecified atom stereocenters. The number of fused-ring (bicyclic) bond motifs is 1. The lowest BCUT2D eigenvalue weighted by molar-refractivity contribution is -0.139. The monoisotopic (exact) mass is 584 g/mol. The quantitative estimate of drug-likeness (QED) is 0.357. The first-order valence-electron chi connectivity index (χ1n) is 12.1. The molecule has 0 spiro atoms. The Hall–Kier alpha value is -3.17. The number of carbonyl (C=O) groups excluding carboxylic acids is 1. The van der Waals surface area contributed by atoms with Crippen LogP contribution in [0.15, 0.2) is 68.0 Å². The summed E-state index contributed by atoms with van der Waals surface area (Å²) in [5.74, 6) is 0.763. The van der Waals surface area contributed by atoms with Gasteiger partial charge in [0, 0.05) is 15.6 Å². The zero-order chi connectivity index (χ0) is 26.7. The lowest BCUT2D eigenvalue weighted by Crippen LogP contribution is -2.40. The number of aromatic nitrogens is 1. The molecule has 7 nitrogen and oxygen atoms in total. The standard InChI is InChI=1S/C28H29BrN2O5S/c1-6-34-21-13-12-19(29)14-18(21)15-23-26(32)31-25(20-10-8-9-11-22(20)36-16(3)4)24(27(33)35-7-2)17(5)30-28(31)37-23/h8-16,25H,6-7H2,1-5H3/b23-15-. The maximum absolute atomic E-state index is 13.9. The van der Waals surface area contributed by atoms with Crippen LogP contribution < -0.4 is 24.4 Å². The second-order valence-electron chi connectivity index (χ2n) is 8.62. The topological polar surface area (TPSA) is 79.1 Å². The van der Waals surface area contributed by atoms with Gasteiger partial charge < -0.3 is 14.2 Å². The maximum Gasteiger partial charge on any atom is 0.338 e. The Morgan fingerprint density at radius 2 is 1.92 bits per heavy atom. The molecule has 0 aliphatic carbocycles. The van der Waals surface area contributed by atoms with E-state index in [1.54, 1.807) is 24.5 Å². The number of ether oxygens (including phenoxy) is 3. The Bertz CT molecular complexity index is 1540. The minimum atomic E-state index is -0.749. The molecule has 0 saturated carbocycles. The Labute approximate surface area is 227 Å². The van der Waals surface area contributed by atoms with Gasteiger partial charge in [-0.15, -0.1) is 0 Å². The van der Waals surface area contributed by atoms with Crippen molar-refractivity contribution in [3.05, 3.63) is 89.0 Å². The molecule has 194 valence electrons. The number of rotatable bonds is 8. The van der Waals surface area contributed by atoms with Gasteiger partial charge in [-0.3, -0.25) is 9.36 Å². The van der Waals surface area contributed by atoms with Gasteiger partial charge in [-0.05, 0) is 65.0 Å². The van der Waals surface area contributed by atoms with E-state index in [0.717, 1.165) is 10.0 Å². The summed E-state index contributed by atoms with van der Waals surface area (Å²) in [6.45, 7) is 10.0. The van der Waals surface area contributed by atoms with Crippen LogP contribution in [-0.4, -0.2) is 29.9 Å². The van der Waals surface area contributed by atoms with Gasteiger partial charge in [0.1, 0.15) is 17.5 Å². The van der Waals surface area contributed by atoms with Crippen molar-refractivity contribution in [3.63, 3.8) is 0 Å². The van der Waals surface area contributed by atoms with E-state index in [1.165, 1.54) is 11.3 Å². The fourth-order valence-corrected chi connectivity index (χ4v) is 5.63. The Morgan fingerprint density at radius 1 is 1.16 bits per heavy atom. The normalized spacial score (nSPS) is 15.4. The zero-order valence-electron chi connectivity index (χ0n) is 21.4. The molecule has 1 aromatic heterocycles. The summed E-state index contributed by atoms with van der Waals surface area (Å²) in [5, 5.41) is 0. The third kappa shape index (κ3) is 5.57. The minimum absolute atomic E-state index is 0.0957. The highest BCUT2D eigenvalue weighted by Gasteiger charge is 2.35. The van der Waals surface area contributed by atoms with E-state index in [9.17, 15) is 9.59 Å². The summed E-state index contributed by atoms with van der Waals surface area (Å²) >= 11 is 4.77. The molecule has 0 amide bonds. The first kappa shape index (κ1) is 26.9. The van der Waals surface area contributed by atoms with Crippen LogP contribution in [0.5, 0.6) is 11.5 Å². The molecule has 2 heterocycles. The summed E-state index contributed by atoms with van der Waals surface area (Å²) in [5.41, 5.74) is 2.03. The molecule has 1 atom stereocenters. The van der Waals surface area contributed by atoms with Gasteiger partial charge in [-0.2, -0.15) is 0 Å². The van der Waals surface area contributed by atoms with Crippen molar-refractivity contribution in [3.8, 4) is 11.5 Å². The first-order valence-corrected chi connectivity index (χ1v) is 13.7. The lowest BCUT2D eigenvalue weighted by Gasteiger charge is -2.26. The molecule has 1 aliphatic rings. The van der Waals surface area contributed by atoms with E-state index in [0.29, 0.717) is 44.3 Å². The third-order valence-electron chi connectivity index (χ3n) is 5.65. The molecule has 9 heteroatoms. The smallest absolute Gasteiger partial charge is 0.338 e. The molecule has 3 aromatic rings. The van der Waals surface area contributed by atoms with Crippen LogP contribution in [-0.2, 0) is 9.53 Å². The van der Waals surface area contributed by atoms with Gasteiger partial charge in [0.15, 0.2) is 4.80 Å². The van der Waals surface area contributed by atoms with Crippen LogP contribution >= 0.6 is 27.3 Å². The number of carbonyl (C=O) groups is 1. The van der Waals surface area contributed by atoms with Crippen molar-refractivity contribution in [2.45, 2.75) is 46.8 Å². The molecule has 0 bridgehead atoms. The molecule has 0 radical (unpaired) electrons. The minimum Gasteiger partial charge on any atom is -0.493 e. The number of esters is 1. The van der Waals surface area contributed by atoms with Gasteiger partial charge >= 0.3 is 5.97 Å². The van der Waals surface area contributed by atoms with Gasteiger partial charge in [0.05, 0.1) is 35.1 Å². The molecule has 0 N–H and O–H groups in total. The van der Waals surface area contributed by atoms with E-state index in [-0.39, 0.29) is 18.3 Å². The predicted octanol–water partition coefficient (Wildman–Crippen LogP) is 4.75. The molecule has 0 saturated heterocycles. The number of halogens is 1. The van der Waals surface area contributed by atoms with Gasteiger partial charge in [0.25, 0.3) is 5.56 Å². The largest absolute Gasteiger partial charge is 0.493 e. The fourth-order valence-electron chi connectivity index (χ4n) is 4.21. The van der Waals surface area contributed by atoms with E-state index in [1.807, 2.05) is 63.2 Å². The Morgan fingerprint density at radius 3 is 2.62 bits per heavy atom. The van der Waals surface area contributed by atoms with Crippen LogP contribution in [0, 0.1) is 0 Å². The summed E-state index contributed by atoms with van der Waals surface area (Å²) in [6.07, 6.45) is 1.71. The molecular formula is C28H29BrN2O5S. The van der Waals surface area contributed by atoms with Crippen molar-refractivity contribution in [2.24, 2.45) is 4.99 Å².